The van der Waals surface area contributed by atoms with Gasteiger partial charge in [-0.1, -0.05) is 78.9 Å². The Balaban J connectivity index is 1.45. The topological polar surface area (TPSA) is 76.7 Å². The van der Waals surface area contributed by atoms with Gasteiger partial charge in [0, 0.05) is 11.4 Å². The molecule has 2 N–H and O–H groups in total. The standard InChI is InChI=1S/C27H26N2O4/c1-21-16-17-24(28-26(30)32-18-8-14-22-10-4-2-5-11-22)20-25(21)29-27(31)33-19-9-15-23-12-6-3-7-13-23/h2-17,20H,18-19H2,1H3,(H,28,30)(H,29,31)/b14-8-,15-9-. The SMILES string of the molecule is Cc1ccc(NC(=O)OC/C=C\c2ccccc2)cc1NC(=O)OC/C=C\c1ccccc1. The van der Waals surface area contributed by atoms with Crippen molar-refractivity contribution in [2.24, 2.45) is 0 Å². The maximum Gasteiger partial charge on any atom is 0.411 e. The van der Waals surface area contributed by atoms with Gasteiger partial charge >= 0.3 is 12.2 Å². The van der Waals surface area contributed by atoms with Crippen molar-refractivity contribution in [2.45, 2.75) is 6.92 Å². The second kappa shape index (κ2) is 12.5. The van der Waals surface area contributed by atoms with E-state index < -0.39 is 12.2 Å². The first-order valence-electron chi connectivity index (χ1n) is 10.5. The van der Waals surface area contributed by atoms with E-state index in [-0.39, 0.29) is 13.2 Å². The molecule has 3 rings (SSSR count). The summed E-state index contributed by atoms with van der Waals surface area (Å²) in [6, 6.07) is 24.6. The molecule has 0 saturated carbocycles. The molecule has 0 atom stereocenters. The fourth-order valence-electron chi connectivity index (χ4n) is 2.88. The lowest BCUT2D eigenvalue weighted by Gasteiger charge is -2.11. The maximum atomic E-state index is 12.1. The number of carbonyl (C=O) groups is 2. The molecule has 33 heavy (non-hydrogen) atoms. The van der Waals surface area contributed by atoms with Crippen molar-refractivity contribution < 1.29 is 19.1 Å². The fraction of sp³-hybridized carbons (Fsp3) is 0.111. The first kappa shape index (κ1) is 23.3. The summed E-state index contributed by atoms with van der Waals surface area (Å²) in [5.74, 6) is 0. The summed E-state index contributed by atoms with van der Waals surface area (Å²) < 4.78 is 10.4. The van der Waals surface area contributed by atoms with E-state index in [4.69, 9.17) is 9.47 Å². The van der Waals surface area contributed by atoms with Gasteiger partial charge < -0.3 is 9.47 Å². The number of ether oxygens (including phenoxy) is 2. The second-order valence-electron chi connectivity index (χ2n) is 7.10. The number of benzene rings is 3. The Morgan fingerprint density at radius 2 is 1.24 bits per heavy atom. The number of amides is 2. The van der Waals surface area contributed by atoms with Gasteiger partial charge in [-0.25, -0.2) is 9.59 Å². The molecule has 0 aromatic heterocycles. The van der Waals surface area contributed by atoms with Crippen molar-refractivity contribution in [3.63, 3.8) is 0 Å². The van der Waals surface area contributed by atoms with Crippen molar-refractivity contribution in [2.75, 3.05) is 23.8 Å². The highest BCUT2D eigenvalue weighted by atomic mass is 16.6. The predicted molar refractivity (Wildman–Crippen MR) is 132 cm³/mol. The van der Waals surface area contributed by atoms with E-state index in [0.29, 0.717) is 11.4 Å². The average molecular weight is 443 g/mol. The molecule has 0 saturated heterocycles. The molecule has 6 heteroatoms. The maximum absolute atomic E-state index is 12.1. The smallest absolute Gasteiger partial charge is 0.411 e. The Hall–Kier alpha value is -4.32. The molecular weight excluding hydrogens is 416 g/mol. The predicted octanol–water partition coefficient (Wildman–Crippen LogP) is 6.52. The monoisotopic (exact) mass is 442 g/mol. The summed E-state index contributed by atoms with van der Waals surface area (Å²) in [6.07, 6.45) is 6.12. The minimum Gasteiger partial charge on any atom is -0.445 e. The second-order valence-corrected chi connectivity index (χ2v) is 7.10. The molecular formula is C27H26N2O4. The summed E-state index contributed by atoms with van der Waals surface area (Å²) in [4.78, 5) is 24.2. The van der Waals surface area contributed by atoms with Crippen LogP contribution in [0.25, 0.3) is 12.2 Å². The Bertz CT molecular complexity index is 1110. The van der Waals surface area contributed by atoms with Crippen molar-refractivity contribution in [3.05, 3.63) is 108 Å². The molecule has 0 heterocycles. The van der Waals surface area contributed by atoms with Crippen molar-refractivity contribution in [1.82, 2.24) is 0 Å². The van der Waals surface area contributed by atoms with E-state index >= 15 is 0 Å². The summed E-state index contributed by atoms with van der Waals surface area (Å²) in [6.45, 7) is 2.13. The van der Waals surface area contributed by atoms with Gasteiger partial charge in [0.2, 0.25) is 0 Å². The first-order chi connectivity index (χ1) is 16.1. The fourth-order valence-corrected chi connectivity index (χ4v) is 2.88. The van der Waals surface area contributed by atoms with Crippen molar-refractivity contribution in [1.29, 1.82) is 0 Å². The molecule has 0 unspecified atom stereocenters. The Morgan fingerprint density at radius 1 is 0.727 bits per heavy atom. The molecule has 3 aromatic carbocycles. The lowest BCUT2D eigenvalue weighted by atomic mass is 10.2. The van der Waals surface area contributed by atoms with Crippen LogP contribution in [0.1, 0.15) is 16.7 Å². The van der Waals surface area contributed by atoms with Gasteiger partial charge in [-0.15, -0.1) is 0 Å². The average Bonchev–Trinajstić information content (AvgIpc) is 2.83. The number of hydrogen-bond acceptors (Lipinski definition) is 4. The molecule has 0 spiro atoms. The molecule has 0 aliphatic carbocycles. The van der Waals surface area contributed by atoms with Crippen LogP contribution in [0.4, 0.5) is 21.0 Å². The van der Waals surface area contributed by atoms with Gasteiger partial charge in [-0.05, 0) is 47.9 Å². The van der Waals surface area contributed by atoms with Gasteiger partial charge in [0.25, 0.3) is 0 Å². The minimum atomic E-state index is -0.587. The Kier molecular flexibility index (Phi) is 8.85. The zero-order chi connectivity index (χ0) is 23.3. The van der Waals surface area contributed by atoms with E-state index in [9.17, 15) is 9.59 Å². The van der Waals surface area contributed by atoms with Crippen molar-refractivity contribution >= 4 is 35.7 Å². The molecule has 0 aliphatic heterocycles. The van der Waals surface area contributed by atoms with E-state index in [2.05, 4.69) is 10.6 Å². The molecule has 0 bridgehead atoms. The van der Waals surface area contributed by atoms with E-state index in [1.165, 1.54) is 0 Å². The highest BCUT2D eigenvalue weighted by Gasteiger charge is 2.08. The molecule has 0 radical (unpaired) electrons. The highest BCUT2D eigenvalue weighted by Crippen LogP contribution is 2.20. The van der Waals surface area contributed by atoms with E-state index in [1.54, 1.807) is 30.4 Å². The van der Waals surface area contributed by atoms with Crippen LogP contribution in [0.3, 0.4) is 0 Å². The lowest BCUT2D eigenvalue weighted by molar-refractivity contribution is 0.173. The molecule has 0 fully saturated rings. The van der Waals surface area contributed by atoms with Gasteiger partial charge in [-0.2, -0.15) is 0 Å². The third-order valence-electron chi connectivity index (χ3n) is 4.56. The summed E-state index contributed by atoms with van der Waals surface area (Å²) >= 11 is 0. The molecule has 6 nitrogen and oxygen atoms in total. The quantitative estimate of drug-likeness (QED) is 0.416. The minimum absolute atomic E-state index is 0.139. The third-order valence-corrected chi connectivity index (χ3v) is 4.56. The van der Waals surface area contributed by atoms with Crippen molar-refractivity contribution in [3.8, 4) is 0 Å². The normalized spacial score (nSPS) is 10.8. The number of carbonyl (C=O) groups excluding carboxylic acids is 2. The van der Waals surface area contributed by atoms with Gasteiger partial charge in [0.15, 0.2) is 0 Å². The van der Waals surface area contributed by atoms with E-state index in [0.717, 1.165) is 16.7 Å². The molecule has 168 valence electrons. The first-order valence-corrected chi connectivity index (χ1v) is 10.5. The van der Waals surface area contributed by atoms with Crippen LogP contribution in [-0.4, -0.2) is 25.4 Å². The van der Waals surface area contributed by atoms with Crippen LogP contribution < -0.4 is 10.6 Å². The molecule has 3 aromatic rings. The zero-order valence-corrected chi connectivity index (χ0v) is 18.4. The van der Waals surface area contributed by atoms with Crippen LogP contribution in [0, 0.1) is 6.92 Å². The van der Waals surface area contributed by atoms with Crippen LogP contribution in [0.2, 0.25) is 0 Å². The van der Waals surface area contributed by atoms with Gasteiger partial charge in [0.1, 0.15) is 13.2 Å². The summed E-state index contributed by atoms with van der Waals surface area (Å²) in [7, 11) is 0. The number of rotatable bonds is 8. The number of anilines is 2. The number of nitrogens with one attached hydrogen (secondary N) is 2. The third kappa shape index (κ3) is 8.38. The highest BCUT2D eigenvalue weighted by molar-refractivity contribution is 5.89. The lowest BCUT2D eigenvalue weighted by Crippen LogP contribution is -2.16. The van der Waals surface area contributed by atoms with Crippen LogP contribution >= 0.6 is 0 Å². The van der Waals surface area contributed by atoms with E-state index in [1.807, 2.05) is 79.7 Å². The number of hydrogen-bond donors (Lipinski definition) is 2. The number of aryl methyl sites for hydroxylation is 1. The zero-order valence-electron chi connectivity index (χ0n) is 18.4. The van der Waals surface area contributed by atoms with Gasteiger partial charge in [0.05, 0.1) is 0 Å². The Labute approximate surface area is 193 Å². The van der Waals surface area contributed by atoms with Crippen LogP contribution in [0.15, 0.2) is 91.0 Å². The molecule has 0 aliphatic rings. The van der Waals surface area contributed by atoms with Gasteiger partial charge in [-0.3, -0.25) is 10.6 Å². The summed E-state index contributed by atoms with van der Waals surface area (Å²) in [5.41, 5.74) is 3.92. The summed E-state index contributed by atoms with van der Waals surface area (Å²) in [5, 5.41) is 5.35. The Morgan fingerprint density at radius 3 is 1.79 bits per heavy atom. The molecule has 2 amide bonds. The van der Waals surface area contributed by atoms with Crippen LogP contribution in [0.5, 0.6) is 0 Å². The largest absolute Gasteiger partial charge is 0.445 e. The van der Waals surface area contributed by atoms with Crippen LogP contribution in [-0.2, 0) is 9.47 Å².